The Morgan fingerprint density at radius 2 is 1.89 bits per heavy atom. The zero-order valence-corrected chi connectivity index (χ0v) is 12.8. The van der Waals surface area contributed by atoms with Crippen LogP contribution in [0.3, 0.4) is 0 Å². The van der Waals surface area contributed by atoms with Crippen molar-refractivity contribution in [3.05, 3.63) is 35.9 Å². The summed E-state index contributed by atoms with van der Waals surface area (Å²) in [6.07, 6.45) is 0.542. The van der Waals surface area contributed by atoms with E-state index in [1.807, 2.05) is 0 Å². The molecule has 0 radical (unpaired) electrons. The van der Waals surface area contributed by atoms with Gasteiger partial charge < -0.3 is 0 Å². The van der Waals surface area contributed by atoms with Crippen molar-refractivity contribution in [2.45, 2.75) is 25.5 Å². The predicted octanol–water partition coefficient (Wildman–Crippen LogP) is 2.28. The van der Waals surface area contributed by atoms with Gasteiger partial charge in [-0.15, -0.1) is 0 Å². The monoisotopic (exact) mass is 301 g/mol. The second kappa shape index (κ2) is 7.55. The molecule has 0 aliphatic heterocycles. The molecule has 6 heteroatoms. The Balaban J connectivity index is 2.44. The molecule has 0 spiro atoms. The first-order valence-electron chi connectivity index (χ1n) is 6.12. The summed E-state index contributed by atoms with van der Waals surface area (Å²) >= 11 is 1.71. The molecule has 1 aromatic rings. The highest BCUT2D eigenvalue weighted by molar-refractivity contribution is 7.99. The van der Waals surface area contributed by atoms with E-state index in [0.29, 0.717) is 17.2 Å². The van der Waals surface area contributed by atoms with Crippen molar-refractivity contribution in [3.8, 4) is 0 Å². The number of nitrogens with one attached hydrogen (secondary N) is 1. The van der Waals surface area contributed by atoms with Gasteiger partial charge in [-0.1, -0.05) is 32.0 Å². The molecular weight excluding hydrogens is 282 g/mol. The zero-order chi connectivity index (χ0) is 14.3. The van der Waals surface area contributed by atoms with Gasteiger partial charge >= 0.3 is 0 Å². The van der Waals surface area contributed by atoms with Crippen LogP contribution in [-0.2, 0) is 10.0 Å². The number of thioether (sulfide) groups is 1. The van der Waals surface area contributed by atoms with Gasteiger partial charge in [0.25, 0.3) is 5.91 Å². The fourth-order valence-electron chi connectivity index (χ4n) is 1.41. The second-order valence-corrected chi connectivity index (χ2v) is 7.92. The zero-order valence-electron chi connectivity index (χ0n) is 11.1. The van der Waals surface area contributed by atoms with Crippen LogP contribution in [0.25, 0.3) is 0 Å². The number of rotatable bonds is 7. The smallest absolute Gasteiger partial charge is 0.264 e. The van der Waals surface area contributed by atoms with Crippen LogP contribution in [0.15, 0.2) is 30.3 Å². The molecule has 0 fully saturated rings. The molecule has 1 aromatic carbocycles. The van der Waals surface area contributed by atoms with Gasteiger partial charge in [-0.25, -0.2) is 13.1 Å². The van der Waals surface area contributed by atoms with Gasteiger partial charge in [-0.3, -0.25) is 4.79 Å². The number of hydrogen-bond donors (Lipinski definition) is 1. The SMILES string of the molecule is CC(C)SCCCS(=O)(=O)NC(=O)c1ccccc1. The van der Waals surface area contributed by atoms with E-state index in [1.165, 1.54) is 0 Å². The van der Waals surface area contributed by atoms with E-state index in [1.54, 1.807) is 42.1 Å². The first-order valence-corrected chi connectivity index (χ1v) is 8.82. The average Bonchev–Trinajstić information content (AvgIpc) is 2.35. The molecule has 0 saturated heterocycles. The Morgan fingerprint density at radius 1 is 1.26 bits per heavy atom. The maximum Gasteiger partial charge on any atom is 0.264 e. The van der Waals surface area contributed by atoms with Crippen molar-refractivity contribution in [2.75, 3.05) is 11.5 Å². The summed E-state index contributed by atoms with van der Waals surface area (Å²) in [5.74, 6) is 0.181. The molecule has 0 heterocycles. The molecular formula is C13H19NO3S2. The minimum Gasteiger partial charge on any atom is -0.268 e. The van der Waals surface area contributed by atoms with E-state index in [9.17, 15) is 13.2 Å². The molecule has 0 atom stereocenters. The van der Waals surface area contributed by atoms with E-state index >= 15 is 0 Å². The number of amides is 1. The lowest BCUT2D eigenvalue weighted by Gasteiger charge is -2.07. The van der Waals surface area contributed by atoms with Gasteiger partial charge in [0.1, 0.15) is 0 Å². The van der Waals surface area contributed by atoms with Gasteiger partial charge in [-0.2, -0.15) is 11.8 Å². The van der Waals surface area contributed by atoms with Crippen molar-refractivity contribution < 1.29 is 13.2 Å². The fraction of sp³-hybridized carbons (Fsp3) is 0.462. The van der Waals surface area contributed by atoms with Crippen molar-refractivity contribution in [3.63, 3.8) is 0 Å². The lowest BCUT2D eigenvalue weighted by atomic mass is 10.2. The van der Waals surface area contributed by atoms with Gasteiger partial charge in [-0.05, 0) is 29.6 Å². The normalized spacial score (nSPS) is 11.5. The summed E-state index contributed by atoms with van der Waals surface area (Å²) in [5.41, 5.74) is 0.350. The van der Waals surface area contributed by atoms with Crippen molar-refractivity contribution in [1.29, 1.82) is 0 Å². The molecule has 0 saturated carbocycles. The Kier molecular flexibility index (Phi) is 6.37. The highest BCUT2D eigenvalue weighted by Crippen LogP contribution is 2.10. The Morgan fingerprint density at radius 3 is 2.47 bits per heavy atom. The standard InChI is InChI=1S/C13H19NO3S2/c1-11(2)18-9-6-10-19(16,17)14-13(15)12-7-4-3-5-8-12/h3-5,7-8,11H,6,9-10H2,1-2H3,(H,14,15). The fourth-order valence-corrected chi connectivity index (χ4v) is 3.40. The number of sulfonamides is 1. The first-order chi connectivity index (χ1) is 8.91. The van der Waals surface area contributed by atoms with Crippen molar-refractivity contribution in [1.82, 2.24) is 4.72 Å². The Bertz CT molecular complexity index is 498. The maximum absolute atomic E-state index is 11.7. The van der Waals surface area contributed by atoms with Crippen LogP contribution < -0.4 is 4.72 Å². The minimum atomic E-state index is -3.54. The van der Waals surface area contributed by atoms with Crippen LogP contribution in [0.2, 0.25) is 0 Å². The summed E-state index contributed by atoms with van der Waals surface area (Å²) in [6.45, 7) is 4.13. The van der Waals surface area contributed by atoms with Crippen LogP contribution in [0.1, 0.15) is 30.6 Å². The molecule has 0 aromatic heterocycles. The molecule has 0 aliphatic carbocycles. The average molecular weight is 301 g/mol. The van der Waals surface area contributed by atoms with E-state index in [2.05, 4.69) is 18.6 Å². The molecule has 1 N–H and O–H groups in total. The molecule has 19 heavy (non-hydrogen) atoms. The van der Waals surface area contributed by atoms with Gasteiger partial charge in [0, 0.05) is 5.56 Å². The third kappa shape index (κ3) is 6.63. The number of hydrogen-bond acceptors (Lipinski definition) is 4. The molecule has 1 amide bonds. The summed E-state index contributed by atoms with van der Waals surface area (Å²) in [7, 11) is -3.54. The highest BCUT2D eigenvalue weighted by Gasteiger charge is 2.15. The van der Waals surface area contributed by atoms with Gasteiger partial charge in [0.2, 0.25) is 10.0 Å². The summed E-state index contributed by atoms with van der Waals surface area (Å²) in [5, 5.41) is 0.488. The summed E-state index contributed by atoms with van der Waals surface area (Å²) in [4.78, 5) is 11.7. The van der Waals surface area contributed by atoms with E-state index in [0.717, 1.165) is 5.75 Å². The molecule has 106 valence electrons. The summed E-state index contributed by atoms with van der Waals surface area (Å²) < 4.78 is 25.5. The second-order valence-electron chi connectivity index (χ2n) is 4.39. The topological polar surface area (TPSA) is 63.2 Å². The maximum atomic E-state index is 11.7. The number of benzene rings is 1. The molecule has 0 unspecified atom stereocenters. The lowest BCUT2D eigenvalue weighted by Crippen LogP contribution is -2.32. The van der Waals surface area contributed by atoms with Crippen LogP contribution in [-0.4, -0.2) is 31.1 Å². The predicted molar refractivity (Wildman–Crippen MR) is 79.9 cm³/mol. The first kappa shape index (κ1) is 16.0. The quantitative estimate of drug-likeness (QED) is 0.785. The van der Waals surface area contributed by atoms with E-state index in [4.69, 9.17) is 0 Å². The minimum absolute atomic E-state index is 0.0225. The largest absolute Gasteiger partial charge is 0.268 e. The van der Waals surface area contributed by atoms with Crippen molar-refractivity contribution in [2.24, 2.45) is 0 Å². The third-order valence-corrected chi connectivity index (χ3v) is 4.81. The number of carbonyl (C=O) groups excluding carboxylic acids is 1. The lowest BCUT2D eigenvalue weighted by molar-refractivity contribution is 0.0981. The van der Waals surface area contributed by atoms with E-state index in [-0.39, 0.29) is 5.75 Å². The van der Waals surface area contributed by atoms with Crippen LogP contribution in [0.4, 0.5) is 0 Å². The Labute approximate surface area is 119 Å². The molecule has 0 bridgehead atoms. The summed E-state index contributed by atoms with van der Waals surface area (Å²) in [6, 6.07) is 8.33. The molecule has 1 rings (SSSR count). The van der Waals surface area contributed by atoms with Crippen LogP contribution in [0.5, 0.6) is 0 Å². The van der Waals surface area contributed by atoms with Crippen LogP contribution in [0, 0.1) is 0 Å². The third-order valence-electron chi connectivity index (χ3n) is 2.29. The van der Waals surface area contributed by atoms with E-state index < -0.39 is 15.9 Å². The Hall–Kier alpha value is -1.01. The van der Waals surface area contributed by atoms with Crippen molar-refractivity contribution >= 4 is 27.7 Å². The van der Waals surface area contributed by atoms with Gasteiger partial charge in [0.05, 0.1) is 5.75 Å². The highest BCUT2D eigenvalue weighted by atomic mass is 32.2. The van der Waals surface area contributed by atoms with Gasteiger partial charge in [0.15, 0.2) is 0 Å². The molecule has 0 aliphatic rings. The number of carbonyl (C=O) groups is 1. The molecule has 4 nitrogen and oxygen atoms in total. The van der Waals surface area contributed by atoms with Crippen LogP contribution >= 0.6 is 11.8 Å².